The van der Waals surface area contributed by atoms with E-state index in [0.717, 1.165) is 11.3 Å². The molecule has 0 N–H and O–H groups in total. The number of fused-ring (bicyclic) bond motifs is 1. The lowest BCUT2D eigenvalue weighted by molar-refractivity contribution is 0.252. The van der Waals surface area contributed by atoms with Crippen molar-refractivity contribution in [3.05, 3.63) is 0 Å². The van der Waals surface area contributed by atoms with Crippen LogP contribution in [0.15, 0.2) is 0 Å². The molecule has 0 radical (unpaired) electrons. The summed E-state index contributed by atoms with van der Waals surface area (Å²) in [7, 11) is 0. The van der Waals surface area contributed by atoms with Gasteiger partial charge in [0.05, 0.1) is 0 Å². The maximum Gasteiger partial charge on any atom is -0.0232 e. The Morgan fingerprint density at radius 1 is 1.33 bits per heavy atom. The van der Waals surface area contributed by atoms with Gasteiger partial charge in [-0.05, 0) is 48.9 Å². The van der Waals surface area contributed by atoms with Gasteiger partial charge in [0.1, 0.15) is 0 Å². The Bertz CT molecular complexity index is 161. The molecule has 3 rings (SSSR count). The van der Waals surface area contributed by atoms with Crippen LogP contribution in [0.1, 0.15) is 32.6 Å². The Hall–Kier alpha value is 0. The van der Waals surface area contributed by atoms with Gasteiger partial charge in [0.15, 0.2) is 0 Å². The fourth-order valence-corrected chi connectivity index (χ4v) is 3.71. The van der Waals surface area contributed by atoms with E-state index in [4.69, 9.17) is 0 Å². The van der Waals surface area contributed by atoms with Crippen LogP contribution in [0, 0.1) is 23.2 Å². The second-order valence-corrected chi connectivity index (χ2v) is 4.53. The first kappa shape index (κ1) is 4.76. The predicted octanol–water partition coefficient (Wildman–Crippen LogP) is 2.44. The van der Waals surface area contributed by atoms with Crippen molar-refractivity contribution >= 4 is 0 Å². The molecule has 3 aliphatic rings. The van der Waals surface area contributed by atoms with Crippen molar-refractivity contribution in [2.24, 2.45) is 23.2 Å². The number of hydrogen-bond donors (Lipinski definition) is 0. The van der Waals surface area contributed by atoms with Crippen LogP contribution < -0.4 is 0 Å². The highest BCUT2D eigenvalue weighted by Gasteiger charge is 2.72. The number of hydrogen-bond acceptors (Lipinski definition) is 0. The summed E-state index contributed by atoms with van der Waals surface area (Å²) < 4.78 is 0. The zero-order valence-corrected chi connectivity index (χ0v) is 6.06. The lowest BCUT2D eigenvalue weighted by atomic mass is 9.80. The molecule has 0 nitrogen and oxygen atoms in total. The van der Waals surface area contributed by atoms with E-state index in [1.54, 1.807) is 25.7 Å². The summed E-state index contributed by atoms with van der Waals surface area (Å²) in [4.78, 5) is 0. The molecule has 3 saturated carbocycles. The summed E-state index contributed by atoms with van der Waals surface area (Å²) in [6.45, 7) is 2.43. The minimum Gasteiger partial charge on any atom is -0.0625 e. The van der Waals surface area contributed by atoms with E-state index in [1.165, 1.54) is 11.8 Å². The first-order valence-electron chi connectivity index (χ1n) is 4.33. The molecule has 0 heterocycles. The van der Waals surface area contributed by atoms with Crippen LogP contribution in [0.4, 0.5) is 0 Å². The molecule has 4 atom stereocenters. The Labute approximate surface area is 56.6 Å². The van der Waals surface area contributed by atoms with Crippen LogP contribution in [0.2, 0.25) is 0 Å². The molecule has 0 bridgehead atoms. The monoisotopic (exact) mass is 122 g/mol. The smallest absolute Gasteiger partial charge is 0.0232 e. The molecule has 3 fully saturated rings. The molecule has 0 aromatic rings. The molecular formula is C9H14. The van der Waals surface area contributed by atoms with E-state index in [-0.39, 0.29) is 0 Å². The quantitative estimate of drug-likeness (QED) is 0.463. The Balaban J connectivity index is 1.91. The van der Waals surface area contributed by atoms with Gasteiger partial charge in [0.2, 0.25) is 0 Å². The second kappa shape index (κ2) is 1.09. The summed E-state index contributed by atoms with van der Waals surface area (Å²) >= 11 is 0. The second-order valence-electron chi connectivity index (χ2n) is 4.53. The van der Waals surface area contributed by atoms with Crippen LogP contribution in [0.25, 0.3) is 0 Å². The molecule has 9 heavy (non-hydrogen) atoms. The molecule has 50 valence electrons. The fraction of sp³-hybridized carbons (Fsp3) is 1.00. The summed E-state index contributed by atoms with van der Waals surface area (Å²) in [5.41, 5.74) is 0.972. The van der Waals surface area contributed by atoms with Gasteiger partial charge in [-0.1, -0.05) is 6.92 Å². The molecule has 0 aliphatic heterocycles. The number of rotatable bonds is 0. The van der Waals surface area contributed by atoms with Crippen molar-refractivity contribution in [3.8, 4) is 0 Å². The van der Waals surface area contributed by atoms with Crippen molar-refractivity contribution in [1.82, 2.24) is 0 Å². The highest BCUT2D eigenvalue weighted by atomic mass is 14.8. The highest BCUT2D eigenvalue weighted by Crippen LogP contribution is 2.80. The summed E-state index contributed by atoms with van der Waals surface area (Å²) in [5, 5.41) is 0. The lowest BCUT2D eigenvalue weighted by Crippen LogP contribution is -2.15. The lowest BCUT2D eigenvalue weighted by Gasteiger charge is -2.25. The normalized spacial score (nSPS) is 68.3. The van der Waals surface area contributed by atoms with Crippen LogP contribution in [0.3, 0.4) is 0 Å². The van der Waals surface area contributed by atoms with Gasteiger partial charge in [-0.15, -0.1) is 0 Å². The van der Waals surface area contributed by atoms with Crippen LogP contribution in [-0.2, 0) is 0 Å². The third-order valence-corrected chi connectivity index (χ3v) is 4.16. The average molecular weight is 122 g/mol. The zero-order chi connectivity index (χ0) is 6.06. The van der Waals surface area contributed by atoms with Gasteiger partial charge in [-0.2, -0.15) is 0 Å². The predicted molar refractivity (Wildman–Crippen MR) is 37.0 cm³/mol. The minimum atomic E-state index is 0.972. The van der Waals surface area contributed by atoms with Crippen molar-refractivity contribution in [2.45, 2.75) is 32.6 Å². The zero-order valence-electron chi connectivity index (χ0n) is 6.06. The van der Waals surface area contributed by atoms with E-state index in [9.17, 15) is 0 Å². The Kier molecular flexibility index (Phi) is 0.574. The maximum atomic E-state index is 2.43. The molecule has 3 aliphatic carbocycles. The maximum absolute atomic E-state index is 2.43. The van der Waals surface area contributed by atoms with Crippen LogP contribution >= 0.6 is 0 Å². The molecule has 0 heteroatoms. The molecule has 0 amide bonds. The summed E-state index contributed by atoms with van der Waals surface area (Å²) in [6, 6.07) is 0. The van der Waals surface area contributed by atoms with Gasteiger partial charge >= 0.3 is 0 Å². The minimum absolute atomic E-state index is 0.972. The van der Waals surface area contributed by atoms with E-state index in [1.807, 2.05) is 0 Å². The van der Waals surface area contributed by atoms with Gasteiger partial charge in [-0.25, -0.2) is 0 Å². The van der Waals surface area contributed by atoms with Crippen molar-refractivity contribution in [3.63, 3.8) is 0 Å². The molecule has 0 saturated heterocycles. The van der Waals surface area contributed by atoms with Gasteiger partial charge in [-0.3, -0.25) is 0 Å². The van der Waals surface area contributed by atoms with Crippen molar-refractivity contribution in [2.75, 3.05) is 0 Å². The van der Waals surface area contributed by atoms with Crippen molar-refractivity contribution in [1.29, 1.82) is 0 Å². The van der Waals surface area contributed by atoms with Crippen molar-refractivity contribution < 1.29 is 0 Å². The van der Waals surface area contributed by atoms with Crippen LogP contribution in [0.5, 0.6) is 0 Å². The van der Waals surface area contributed by atoms with E-state index >= 15 is 0 Å². The largest absolute Gasteiger partial charge is 0.0625 e. The Morgan fingerprint density at radius 2 is 2.22 bits per heavy atom. The molecular weight excluding hydrogens is 108 g/mol. The third-order valence-electron chi connectivity index (χ3n) is 4.16. The Morgan fingerprint density at radius 3 is 2.67 bits per heavy atom. The fourth-order valence-electron chi connectivity index (χ4n) is 3.71. The van der Waals surface area contributed by atoms with E-state index in [2.05, 4.69) is 6.92 Å². The third kappa shape index (κ3) is 0.342. The first-order chi connectivity index (χ1) is 4.33. The standard InChI is InChI=1S/C9H14/c1-6-4-8-7-2-3-9(7,8)5-6/h6-8H,2-5H2,1H3. The molecule has 0 aromatic carbocycles. The molecule has 0 aromatic heterocycles. The van der Waals surface area contributed by atoms with Gasteiger partial charge in [0.25, 0.3) is 0 Å². The van der Waals surface area contributed by atoms with E-state index < -0.39 is 0 Å². The summed E-state index contributed by atoms with van der Waals surface area (Å²) in [6.07, 6.45) is 6.33. The molecule has 4 unspecified atom stereocenters. The van der Waals surface area contributed by atoms with E-state index in [0.29, 0.717) is 0 Å². The topological polar surface area (TPSA) is 0 Å². The highest BCUT2D eigenvalue weighted by molar-refractivity contribution is 5.21. The van der Waals surface area contributed by atoms with Gasteiger partial charge in [0, 0.05) is 0 Å². The first-order valence-corrected chi connectivity index (χ1v) is 4.33. The molecule has 1 spiro atoms. The average Bonchev–Trinajstić information content (AvgIpc) is 2.21. The van der Waals surface area contributed by atoms with Gasteiger partial charge < -0.3 is 0 Å². The van der Waals surface area contributed by atoms with Crippen LogP contribution in [-0.4, -0.2) is 0 Å². The summed E-state index contributed by atoms with van der Waals surface area (Å²) in [5.74, 6) is 3.52. The SMILES string of the molecule is CC1CC2C3CCC32C1.